The van der Waals surface area contributed by atoms with Gasteiger partial charge in [-0.15, -0.1) is 0 Å². The van der Waals surface area contributed by atoms with Crippen molar-refractivity contribution in [1.29, 1.82) is 0 Å². The van der Waals surface area contributed by atoms with E-state index >= 15 is 0 Å². The molecule has 2 amide bonds. The Morgan fingerprint density at radius 3 is 2.72 bits per heavy atom. The van der Waals surface area contributed by atoms with Crippen LogP contribution in [0, 0.1) is 6.92 Å². The second-order valence-corrected chi connectivity index (χ2v) is 6.07. The van der Waals surface area contributed by atoms with Crippen LogP contribution in [-0.2, 0) is 17.9 Å². The van der Waals surface area contributed by atoms with Crippen molar-refractivity contribution in [1.82, 2.24) is 9.78 Å². The summed E-state index contributed by atoms with van der Waals surface area (Å²) in [5.41, 5.74) is 7.83. The van der Waals surface area contributed by atoms with Crippen LogP contribution in [0.2, 0.25) is 5.02 Å². The molecule has 0 saturated carbocycles. The highest BCUT2D eigenvalue weighted by molar-refractivity contribution is 6.34. The number of halogens is 1. The van der Waals surface area contributed by atoms with Crippen molar-refractivity contribution in [3.8, 4) is 0 Å². The number of aromatic nitrogens is 2. The van der Waals surface area contributed by atoms with Gasteiger partial charge in [-0.2, -0.15) is 5.10 Å². The number of amides is 2. The summed E-state index contributed by atoms with van der Waals surface area (Å²) in [7, 11) is 0. The molecule has 6 nitrogen and oxygen atoms in total. The number of aryl methyl sites for hydroxylation is 2. The quantitative estimate of drug-likeness (QED) is 0.770. The fraction of sp³-hybridized carbons (Fsp3) is 0.278. The van der Waals surface area contributed by atoms with Gasteiger partial charge in [0, 0.05) is 24.0 Å². The molecule has 0 spiro atoms. The molecule has 0 aliphatic heterocycles. The van der Waals surface area contributed by atoms with Gasteiger partial charge in [0.05, 0.1) is 22.8 Å². The zero-order valence-corrected chi connectivity index (χ0v) is 15.1. The molecule has 0 radical (unpaired) electrons. The molecule has 1 heterocycles. The van der Waals surface area contributed by atoms with Crippen LogP contribution in [0.25, 0.3) is 0 Å². The molecule has 0 saturated heterocycles. The molecule has 0 aliphatic rings. The first-order valence-electron chi connectivity index (χ1n) is 7.93. The Morgan fingerprint density at radius 1 is 1.44 bits per heavy atom. The highest BCUT2D eigenvalue weighted by Gasteiger charge is 2.18. The number of carbonyl (C=O) groups is 2. The predicted molar refractivity (Wildman–Crippen MR) is 98.6 cm³/mol. The summed E-state index contributed by atoms with van der Waals surface area (Å²) in [5.74, 6) is -0.889. The molecule has 25 heavy (non-hydrogen) atoms. The Labute approximate surface area is 151 Å². The maximum atomic E-state index is 12.3. The number of benzene rings is 1. The van der Waals surface area contributed by atoms with E-state index < -0.39 is 5.91 Å². The number of hydrogen-bond donors (Lipinski definition) is 1. The Balaban J connectivity index is 2.37. The van der Waals surface area contributed by atoms with E-state index in [1.807, 2.05) is 17.8 Å². The lowest BCUT2D eigenvalue weighted by atomic mass is 10.1. The SMILES string of the molecule is C=CC(=O)N(Cc1cn(CCC)nc1C)c1ccc(C(N)=O)c(Cl)c1. The zero-order valence-electron chi connectivity index (χ0n) is 14.3. The van der Waals surface area contributed by atoms with E-state index in [1.165, 1.54) is 17.0 Å². The van der Waals surface area contributed by atoms with Gasteiger partial charge in [-0.1, -0.05) is 25.1 Å². The Bertz CT molecular complexity index is 813. The van der Waals surface area contributed by atoms with E-state index in [-0.39, 0.29) is 16.5 Å². The van der Waals surface area contributed by atoms with Gasteiger partial charge in [0.2, 0.25) is 5.91 Å². The van der Waals surface area contributed by atoms with Crippen LogP contribution in [0.5, 0.6) is 0 Å². The van der Waals surface area contributed by atoms with Gasteiger partial charge < -0.3 is 10.6 Å². The number of anilines is 1. The molecule has 1 aromatic heterocycles. The lowest BCUT2D eigenvalue weighted by Gasteiger charge is -2.21. The van der Waals surface area contributed by atoms with Crippen LogP contribution in [0.1, 0.15) is 35.0 Å². The van der Waals surface area contributed by atoms with E-state index in [1.54, 1.807) is 12.1 Å². The minimum atomic E-state index is -0.616. The van der Waals surface area contributed by atoms with Crippen LogP contribution >= 0.6 is 11.6 Å². The van der Waals surface area contributed by atoms with Crippen LogP contribution in [0.4, 0.5) is 5.69 Å². The molecule has 0 unspecified atom stereocenters. The van der Waals surface area contributed by atoms with Crippen molar-refractivity contribution >= 4 is 29.1 Å². The number of nitrogens with two attached hydrogens (primary N) is 1. The molecule has 132 valence electrons. The number of hydrogen-bond acceptors (Lipinski definition) is 3. The molecule has 0 bridgehead atoms. The third-order valence-corrected chi connectivity index (χ3v) is 4.11. The molecule has 0 fully saturated rings. The van der Waals surface area contributed by atoms with Crippen LogP contribution in [0.3, 0.4) is 0 Å². The lowest BCUT2D eigenvalue weighted by molar-refractivity contribution is -0.114. The fourth-order valence-corrected chi connectivity index (χ4v) is 2.77. The number of carbonyl (C=O) groups excluding carboxylic acids is 2. The second-order valence-electron chi connectivity index (χ2n) is 5.66. The normalized spacial score (nSPS) is 10.5. The fourth-order valence-electron chi connectivity index (χ4n) is 2.51. The molecule has 7 heteroatoms. The van der Waals surface area contributed by atoms with E-state index in [9.17, 15) is 9.59 Å². The number of rotatable bonds is 7. The minimum Gasteiger partial charge on any atom is -0.366 e. The molecule has 1 aromatic carbocycles. The average molecular weight is 361 g/mol. The van der Waals surface area contributed by atoms with E-state index in [0.29, 0.717) is 12.2 Å². The predicted octanol–water partition coefficient (Wildman–Crippen LogP) is 3.07. The zero-order chi connectivity index (χ0) is 18.6. The van der Waals surface area contributed by atoms with Crippen molar-refractivity contribution in [2.24, 2.45) is 5.73 Å². The highest BCUT2D eigenvalue weighted by atomic mass is 35.5. The first-order valence-corrected chi connectivity index (χ1v) is 8.31. The lowest BCUT2D eigenvalue weighted by Crippen LogP contribution is -2.29. The van der Waals surface area contributed by atoms with Crippen LogP contribution in [0.15, 0.2) is 37.1 Å². The Hall–Kier alpha value is -2.60. The summed E-state index contributed by atoms with van der Waals surface area (Å²) in [5, 5.41) is 4.65. The van der Waals surface area contributed by atoms with Crippen molar-refractivity contribution in [3.63, 3.8) is 0 Å². The highest BCUT2D eigenvalue weighted by Crippen LogP contribution is 2.26. The maximum absolute atomic E-state index is 12.3. The van der Waals surface area contributed by atoms with Gasteiger partial charge in [0.25, 0.3) is 5.91 Å². The van der Waals surface area contributed by atoms with E-state index in [0.717, 1.165) is 24.2 Å². The van der Waals surface area contributed by atoms with Gasteiger partial charge in [-0.05, 0) is 37.6 Å². The molecule has 2 aromatic rings. The molecule has 0 aliphatic carbocycles. The summed E-state index contributed by atoms with van der Waals surface area (Å²) in [6.45, 7) is 8.68. The first-order chi connectivity index (χ1) is 11.9. The van der Waals surface area contributed by atoms with Crippen LogP contribution in [-0.4, -0.2) is 21.6 Å². The molecule has 0 atom stereocenters. The van der Waals surface area contributed by atoms with Crippen LogP contribution < -0.4 is 10.6 Å². The minimum absolute atomic E-state index is 0.199. The average Bonchev–Trinajstić information content (AvgIpc) is 2.91. The van der Waals surface area contributed by atoms with Crippen molar-refractivity contribution in [2.45, 2.75) is 33.4 Å². The summed E-state index contributed by atoms with van der Waals surface area (Å²) in [6.07, 6.45) is 4.14. The monoisotopic (exact) mass is 360 g/mol. The number of primary amides is 1. The second kappa shape index (κ2) is 7.98. The Kier molecular flexibility index (Phi) is 5.98. The van der Waals surface area contributed by atoms with Crippen molar-refractivity contribution in [2.75, 3.05) is 4.90 Å². The maximum Gasteiger partial charge on any atom is 0.250 e. The van der Waals surface area contributed by atoms with Gasteiger partial charge in [0.1, 0.15) is 0 Å². The molecular weight excluding hydrogens is 340 g/mol. The molecule has 2 rings (SSSR count). The third kappa shape index (κ3) is 4.28. The molecule has 2 N–H and O–H groups in total. The number of nitrogens with zero attached hydrogens (tertiary/aromatic N) is 3. The summed E-state index contributed by atoms with van der Waals surface area (Å²) in [6, 6.07) is 4.70. The largest absolute Gasteiger partial charge is 0.366 e. The first kappa shape index (κ1) is 18.7. The summed E-state index contributed by atoms with van der Waals surface area (Å²) in [4.78, 5) is 25.2. The van der Waals surface area contributed by atoms with Crippen molar-refractivity contribution in [3.05, 3.63) is 58.9 Å². The van der Waals surface area contributed by atoms with E-state index in [4.69, 9.17) is 17.3 Å². The van der Waals surface area contributed by atoms with Crippen molar-refractivity contribution < 1.29 is 9.59 Å². The summed E-state index contributed by atoms with van der Waals surface area (Å²) < 4.78 is 1.87. The van der Waals surface area contributed by atoms with Gasteiger partial charge >= 0.3 is 0 Å². The standard InChI is InChI=1S/C18H21ClN4O2/c1-4-8-22-10-13(12(3)21-22)11-23(17(24)5-2)14-6-7-15(18(20)25)16(19)9-14/h5-7,9-10H,2,4,8,11H2,1,3H3,(H2,20,25). The third-order valence-electron chi connectivity index (χ3n) is 3.80. The van der Waals surface area contributed by atoms with Gasteiger partial charge in [-0.25, -0.2) is 0 Å². The van der Waals surface area contributed by atoms with E-state index in [2.05, 4.69) is 18.6 Å². The van der Waals surface area contributed by atoms with Gasteiger partial charge in [-0.3, -0.25) is 14.3 Å². The Morgan fingerprint density at radius 2 is 2.16 bits per heavy atom. The van der Waals surface area contributed by atoms with Gasteiger partial charge in [0.15, 0.2) is 0 Å². The smallest absolute Gasteiger partial charge is 0.250 e. The topological polar surface area (TPSA) is 81.2 Å². The summed E-state index contributed by atoms with van der Waals surface area (Å²) >= 11 is 6.11. The molecular formula is C18H21ClN4O2.